The third-order valence-corrected chi connectivity index (χ3v) is 6.68. The number of imidazole rings is 1. The summed E-state index contributed by atoms with van der Waals surface area (Å²) in [5.41, 5.74) is 11.1. The lowest BCUT2D eigenvalue weighted by atomic mass is 10.1. The Bertz CT molecular complexity index is 1580. The monoisotopic (exact) mass is 470 g/mol. The van der Waals surface area contributed by atoms with Gasteiger partial charge in [0.1, 0.15) is 0 Å². The number of anilines is 4. The zero-order valence-electron chi connectivity index (χ0n) is 18.3. The van der Waals surface area contributed by atoms with Gasteiger partial charge in [-0.1, -0.05) is 29.8 Å². The van der Waals surface area contributed by atoms with Crippen LogP contribution in [0.1, 0.15) is 5.56 Å². The lowest BCUT2D eigenvalue weighted by molar-refractivity contribution is 0.601. The van der Waals surface area contributed by atoms with Gasteiger partial charge in [-0.05, 0) is 55.5 Å². The molecular formula is C25H22N6O2S. The Labute approximate surface area is 197 Å². The number of aromatic nitrogens is 3. The number of rotatable bonds is 6. The Hall–Kier alpha value is -4.37. The Balaban J connectivity index is 1.40. The largest absolute Gasteiger partial charge is 0.399 e. The average Bonchev–Trinajstić information content (AvgIpc) is 3.30. The molecule has 0 radical (unpaired) electrons. The van der Waals surface area contributed by atoms with E-state index in [1.807, 2.05) is 48.0 Å². The van der Waals surface area contributed by atoms with Gasteiger partial charge in [-0.25, -0.2) is 18.4 Å². The van der Waals surface area contributed by atoms with Crippen LogP contribution in [0.5, 0.6) is 0 Å². The highest BCUT2D eigenvalue weighted by atomic mass is 32.2. The number of nitrogen functional groups attached to an aromatic ring is 1. The standard InChI is InChI=1S/C25H22N6O2S/c1-17-5-11-22(12-6-17)34(32,33)30-21-9-7-20(8-10-21)28-24-25-27-13-14-31(25)16-23(29-24)18-3-2-4-19(26)15-18/h2-16,30H,26H2,1H3,(H,28,29). The fourth-order valence-corrected chi connectivity index (χ4v) is 4.60. The van der Waals surface area contributed by atoms with Gasteiger partial charge in [0, 0.05) is 41.2 Å². The Morgan fingerprint density at radius 2 is 1.68 bits per heavy atom. The molecular weight excluding hydrogens is 448 g/mol. The predicted octanol–water partition coefficient (Wildman–Crippen LogP) is 4.83. The SMILES string of the molecule is Cc1ccc(S(=O)(=O)Nc2ccc(Nc3nc(-c4cccc(N)c4)cn4ccnc34)cc2)cc1. The van der Waals surface area contributed by atoms with Crippen molar-refractivity contribution in [3.8, 4) is 11.3 Å². The summed E-state index contributed by atoms with van der Waals surface area (Å²) >= 11 is 0. The van der Waals surface area contributed by atoms with Crippen LogP contribution >= 0.6 is 0 Å². The summed E-state index contributed by atoms with van der Waals surface area (Å²) < 4.78 is 29.8. The van der Waals surface area contributed by atoms with Crippen molar-refractivity contribution in [2.45, 2.75) is 11.8 Å². The van der Waals surface area contributed by atoms with Gasteiger partial charge in [-0.15, -0.1) is 0 Å². The molecule has 0 aliphatic carbocycles. The van der Waals surface area contributed by atoms with Gasteiger partial charge in [0.2, 0.25) is 0 Å². The normalized spacial score (nSPS) is 11.4. The molecule has 3 aromatic carbocycles. The van der Waals surface area contributed by atoms with Crippen LogP contribution in [0.15, 0.2) is 96.3 Å². The number of nitrogens with zero attached hydrogens (tertiary/aromatic N) is 3. The first-order chi connectivity index (χ1) is 16.4. The van der Waals surface area contributed by atoms with Crippen molar-refractivity contribution in [2.75, 3.05) is 15.8 Å². The molecule has 0 atom stereocenters. The second-order valence-corrected chi connectivity index (χ2v) is 9.56. The summed E-state index contributed by atoms with van der Waals surface area (Å²) in [6, 6.07) is 21.2. The van der Waals surface area contributed by atoms with E-state index >= 15 is 0 Å². The van der Waals surface area contributed by atoms with Crippen molar-refractivity contribution in [2.24, 2.45) is 0 Å². The second kappa shape index (κ2) is 8.53. The first-order valence-electron chi connectivity index (χ1n) is 10.5. The van der Waals surface area contributed by atoms with Crippen molar-refractivity contribution < 1.29 is 8.42 Å². The van der Waals surface area contributed by atoms with Gasteiger partial charge in [-0.2, -0.15) is 0 Å². The summed E-state index contributed by atoms with van der Waals surface area (Å²) in [6.45, 7) is 1.91. The van der Waals surface area contributed by atoms with Crippen LogP contribution in [0.25, 0.3) is 16.9 Å². The minimum absolute atomic E-state index is 0.213. The summed E-state index contributed by atoms with van der Waals surface area (Å²) in [5.74, 6) is 0.568. The van der Waals surface area contributed by atoms with Crippen LogP contribution in [0, 0.1) is 6.92 Å². The number of sulfonamides is 1. The third-order valence-electron chi connectivity index (χ3n) is 5.29. The van der Waals surface area contributed by atoms with Crippen molar-refractivity contribution in [3.05, 3.63) is 97.0 Å². The molecule has 0 saturated heterocycles. The minimum Gasteiger partial charge on any atom is -0.399 e. The Morgan fingerprint density at radius 3 is 2.41 bits per heavy atom. The number of nitrogens with two attached hydrogens (primary N) is 1. The van der Waals surface area contributed by atoms with E-state index < -0.39 is 10.0 Å². The molecule has 170 valence electrons. The highest BCUT2D eigenvalue weighted by Crippen LogP contribution is 2.26. The maximum Gasteiger partial charge on any atom is 0.261 e. The molecule has 0 spiro atoms. The van der Waals surface area contributed by atoms with Crippen molar-refractivity contribution in [1.29, 1.82) is 0 Å². The van der Waals surface area contributed by atoms with Crippen LogP contribution in [-0.4, -0.2) is 22.8 Å². The first kappa shape index (κ1) is 21.5. The van der Waals surface area contributed by atoms with Crippen LogP contribution in [0.3, 0.4) is 0 Å². The van der Waals surface area contributed by atoms with E-state index in [-0.39, 0.29) is 4.90 Å². The van der Waals surface area contributed by atoms with Crippen molar-refractivity contribution in [1.82, 2.24) is 14.4 Å². The van der Waals surface area contributed by atoms with E-state index in [1.54, 1.807) is 54.7 Å². The smallest absolute Gasteiger partial charge is 0.261 e. The fourth-order valence-electron chi connectivity index (χ4n) is 3.54. The predicted molar refractivity (Wildman–Crippen MR) is 135 cm³/mol. The molecule has 2 heterocycles. The van der Waals surface area contributed by atoms with E-state index in [0.29, 0.717) is 22.8 Å². The second-order valence-electron chi connectivity index (χ2n) is 7.88. The molecule has 34 heavy (non-hydrogen) atoms. The Kier molecular flexibility index (Phi) is 5.39. The molecule has 5 rings (SSSR count). The number of fused-ring (bicyclic) bond motifs is 1. The minimum atomic E-state index is -3.67. The molecule has 2 aromatic heterocycles. The maximum atomic E-state index is 12.6. The molecule has 0 unspecified atom stereocenters. The molecule has 0 bridgehead atoms. The number of hydrogen-bond acceptors (Lipinski definition) is 6. The molecule has 0 fully saturated rings. The number of benzene rings is 3. The first-order valence-corrected chi connectivity index (χ1v) is 12.0. The zero-order chi connectivity index (χ0) is 23.7. The van der Waals surface area contributed by atoms with Crippen LogP contribution in [0.4, 0.5) is 22.9 Å². The molecule has 5 aromatic rings. The number of nitrogens with one attached hydrogen (secondary N) is 2. The maximum absolute atomic E-state index is 12.6. The molecule has 8 nitrogen and oxygen atoms in total. The van der Waals surface area contributed by atoms with Gasteiger partial charge >= 0.3 is 0 Å². The average molecular weight is 471 g/mol. The van der Waals surface area contributed by atoms with Crippen molar-refractivity contribution in [3.63, 3.8) is 0 Å². The van der Waals surface area contributed by atoms with Crippen LogP contribution in [0.2, 0.25) is 0 Å². The molecule has 9 heteroatoms. The quantitative estimate of drug-likeness (QED) is 0.306. The highest BCUT2D eigenvalue weighted by Gasteiger charge is 2.14. The number of hydrogen-bond donors (Lipinski definition) is 3. The van der Waals surface area contributed by atoms with E-state index in [9.17, 15) is 8.42 Å². The summed E-state index contributed by atoms with van der Waals surface area (Å²) in [6.07, 6.45) is 5.44. The van der Waals surface area contributed by atoms with Gasteiger partial charge in [-0.3, -0.25) is 4.72 Å². The molecule has 0 amide bonds. The van der Waals surface area contributed by atoms with Gasteiger partial charge in [0.05, 0.1) is 10.6 Å². The molecule has 0 saturated carbocycles. The van der Waals surface area contributed by atoms with Crippen LogP contribution in [-0.2, 0) is 10.0 Å². The van der Waals surface area contributed by atoms with E-state index in [0.717, 1.165) is 22.5 Å². The van der Waals surface area contributed by atoms with Crippen LogP contribution < -0.4 is 15.8 Å². The van der Waals surface area contributed by atoms with Gasteiger partial charge < -0.3 is 15.5 Å². The fraction of sp³-hybridized carbons (Fsp3) is 0.0400. The number of aryl methyl sites for hydroxylation is 1. The summed E-state index contributed by atoms with van der Waals surface area (Å²) in [4.78, 5) is 9.35. The topological polar surface area (TPSA) is 114 Å². The van der Waals surface area contributed by atoms with Gasteiger partial charge in [0.15, 0.2) is 11.5 Å². The lowest BCUT2D eigenvalue weighted by Crippen LogP contribution is -2.12. The summed E-state index contributed by atoms with van der Waals surface area (Å²) in [7, 11) is -3.67. The zero-order valence-corrected chi connectivity index (χ0v) is 19.1. The molecule has 4 N–H and O–H groups in total. The third kappa shape index (κ3) is 4.41. The molecule has 0 aliphatic rings. The summed E-state index contributed by atoms with van der Waals surface area (Å²) in [5, 5.41) is 3.28. The molecule has 0 aliphatic heterocycles. The lowest BCUT2D eigenvalue weighted by Gasteiger charge is -2.12. The van der Waals surface area contributed by atoms with Gasteiger partial charge in [0.25, 0.3) is 10.0 Å². The van der Waals surface area contributed by atoms with E-state index in [2.05, 4.69) is 15.0 Å². The van der Waals surface area contributed by atoms with E-state index in [4.69, 9.17) is 10.7 Å². The Morgan fingerprint density at radius 1 is 0.941 bits per heavy atom. The van der Waals surface area contributed by atoms with Crippen molar-refractivity contribution >= 4 is 38.6 Å². The highest BCUT2D eigenvalue weighted by molar-refractivity contribution is 7.92. The van der Waals surface area contributed by atoms with E-state index in [1.165, 1.54) is 0 Å².